The summed E-state index contributed by atoms with van der Waals surface area (Å²) < 4.78 is 5.60. The average molecular weight is 372 g/mol. The van der Waals surface area contributed by atoms with E-state index in [2.05, 4.69) is 10.3 Å². The fourth-order valence-electron chi connectivity index (χ4n) is 2.03. The molecule has 0 saturated heterocycles. The van der Waals surface area contributed by atoms with Crippen LogP contribution in [0.4, 0.5) is 5.69 Å². The molecule has 0 saturated carbocycles. The Morgan fingerprint density at radius 1 is 1.21 bits per heavy atom. The lowest BCUT2D eigenvalue weighted by Gasteiger charge is -2.22. The molecule has 0 bridgehead atoms. The minimum absolute atomic E-state index is 0. The molecular formula is C17H23Cl2N3O2. The first-order chi connectivity index (χ1) is 10.5. The molecule has 0 fully saturated rings. The quantitative estimate of drug-likeness (QED) is 0.798. The summed E-state index contributed by atoms with van der Waals surface area (Å²) in [5, 5.41) is 2.78. The minimum atomic E-state index is -0.881. The lowest BCUT2D eigenvalue weighted by atomic mass is 9.96. The van der Waals surface area contributed by atoms with Crippen molar-refractivity contribution in [1.82, 2.24) is 4.98 Å². The number of ether oxygens (including phenoxy) is 1. The summed E-state index contributed by atoms with van der Waals surface area (Å²) in [5.74, 6) is 0.963. The molecule has 2 aromatic rings. The Kier molecular flexibility index (Phi) is 9.36. The monoisotopic (exact) mass is 371 g/mol. The number of para-hydroxylation sites is 1. The van der Waals surface area contributed by atoms with Gasteiger partial charge in [0.2, 0.25) is 11.8 Å². The van der Waals surface area contributed by atoms with Crippen molar-refractivity contribution in [1.29, 1.82) is 0 Å². The van der Waals surface area contributed by atoms with Gasteiger partial charge >= 0.3 is 0 Å². The number of benzene rings is 1. The van der Waals surface area contributed by atoms with Crippen LogP contribution < -0.4 is 15.8 Å². The number of nitrogens with two attached hydrogens (primary N) is 1. The lowest BCUT2D eigenvalue weighted by molar-refractivity contribution is -0.120. The van der Waals surface area contributed by atoms with Gasteiger partial charge in [-0.05, 0) is 31.5 Å². The molecule has 3 N–H and O–H groups in total. The topological polar surface area (TPSA) is 77.2 Å². The Morgan fingerprint density at radius 2 is 1.88 bits per heavy atom. The van der Waals surface area contributed by atoms with E-state index >= 15 is 0 Å². The molecule has 0 aliphatic heterocycles. The molecule has 1 heterocycles. The van der Waals surface area contributed by atoms with Crippen LogP contribution in [0.2, 0.25) is 0 Å². The fourth-order valence-corrected chi connectivity index (χ4v) is 2.03. The molecule has 2 rings (SSSR count). The van der Waals surface area contributed by atoms with Gasteiger partial charge in [-0.3, -0.25) is 4.79 Å². The lowest BCUT2D eigenvalue weighted by Crippen LogP contribution is -2.48. The predicted molar refractivity (Wildman–Crippen MR) is 101 cm³/mol. The Bertz CT molecular complexity index is 619. The van der Waals surface area contributed by atoms with Crippen molar-refractivity contribution in [2.75, 3.05) is 5.32 Å². The number of nitrogens with zero attached hydrogens (tertiary/aromatic N) is 1. The van der Waals surface area contributed by atoms with Crippen LogP contribution in [0.25, 0.3) is 0 Å². The highest BCUT2D eigenvalue weighted by molar-refractivity contribution is 5.97. The first kappa shape index (κ1) is 22.2. The summed E-state index contributed by atoms with van der Waals surface area (Å²) in [4.78, 5) is 16.3. The van der Waals surface area contributed by atoms with Gasteiger partial charge in [0.05, 0.1) is 17.4 Å². The van der Waals surface area contributed by atoms with Crippen molar-refractivity contribution in [2.24, 2.45) is 5.73 Å². The van der Waals surface area contributed by atoms with E-state index in [0.29, 0.717) is 23.7 Å². The molecule has 24 heavy (non-hydrogen) atoms. The van der Waals surface area contributed by atoms with Gasteiger partial charge in [-0.2, -0.15) is 0 Å². The number of nitrogens with one attached hydrogen (secondary N) is 1. The highest BCUT2D eigenvalue weighted by Gasteiger charge is 2.27. The van der Waals surface area contributed by atoms with Gasteiger partial charge in [0.25, 0.3) is 0 Å². The Balaban J connectivity index is 0.00000264. The van der Waals surface area contributed by atoms with E-state index in [1.807, 2.05) is 37.3 Å². The van der Waals surface area contributed by atoms with Gasteiger partial charge < -0.3 is 15.8 Å². The Hall–Kier alpha value is -1.82. The number of aromatic nitrogens is 1. The van der Waals surface area contributed by atoms with Crippen LogP contribution in [0.3, 0.4) is 0 Å². The normalized spacial score (nSPS) is 12.1. The molecule has 7 heteroatoms. The largest absolute Gasteiger partial charge is 0.439 e. The van der Waals surface area contributed by atoms with E-state index in [9.17, 15) is 4.79 Å². The van der Waals surface area contributed by atoms with Crippen molar-refractivity contribution in [3.8, 4) is 11.6 Å². The first-order valence-electron chi connectivity index (χ1n) is 7.30. The van der Waals surface area contributed by atoms with Gasteiger partial charge in [0, 0.05) is 6.07 Å². The van der Waals surface area contributed by atoms with Gasteiger partial charge in [-0.15, -0.1) is 24.8 Å². The molecule has 0 aliphatic rings. The number of amides is 1. The number of pyridine rings is 1. The Morgan fingerprint density at radius 3 is 2.42 bits per heavy atom. The van der Waals surface area contributed by atoms with Crippen LogP contribution in [0.5, 0.6) is 11.6 Å². The van der Waals surface area contributed by atoms with Crippen LogP contribution in [-0.4, -0.2) is 16.4 Å². The van der Waals surface area contributed by atoms with E-state index in [0.717, 1.165) is 6.42 Å². The number of anilines is 1. The third-order valence-corrected chi connectivity index (χ3v) is 3.25. The molecule has 1 atom stereocenters. The smallest absolute Gasteiger partial charge is 0.244 e. The Labute approximate surface area is 154 Å². The zero-order valence-corrected chi connectivity index (χ0v) is 15.3. The van der Waals surface area contributed by atoms with Crippen LogP contribution in [0, 0.1) is 0 Å². The number of carbonyl (C=O) groups is 1. The van der Waals surface area contributed by atoms with E-state index in [-0.39, 0.29) is 30.7 Å². The van der Waals surface area contributed by atoms with Crippen molar-refractivity contribution < 1.29 is 9.53 Å². The molecule has 1 unspecified atom stereocenters. The number of rotatable bonds is 6. The zero-order valence-electron chi connectivity index (χ0n) is 13.7. The number of carbonyl (C=O) groups excluding carboxylic acids is 1. The van der Waals surface area contributed by atoms with Crippen molar-refractivity contribution >= 4 is 36.4 Å². The highest BCUT2D eigenvalue weighted by Crippen LogP contribution is 2.20. The second kappa shape index (κ2) is 10.1. The molecule has 1 amide bonds. The molecule has 132 valence electrons. The van der Waals surface area contributed by atoms with E-state index in [1.165, 1.54) is 0 Å². The SMILES string of the molecule is CCCC(C)(N)C(=O)Nc1ccc(Oc2ccccc2)nc1.Cl.Cl. The van der Waals surface area contributed by atoms with Crippen molar-refractivity contribution in [3.63, 3.8) is 0 Å². The van der Waals surface area contributed by atoms with Crippen molar-refractivity contribution in [2.45, 2.75) is 32.2 Å². The molecule has 0 radical (unpaired) electrons. The number of hydrogen-bond acceptors (Lipinski definition) is 4. The maximum absolute atomic E-state index is 12.1. The maximum atomic E-state index is 12.1. The first-order valence-corrected chi connectivity index (χ1v) is 7.30. The van der Waals surface area contributed by atoms with Crippen LogP contribution in [-0.2, 0) is 4.79 Å². The van der Waals surface area contributed by atoms with Crippen LogP contribution >= 0.6 is 24.8 Å². The van der Waals surface area contributed by atoms with Gasteiger partial charge in [-0.1, -0.05) is 31.5 Å². The summed E-state index contributed by atoms with van der Waals surface area (Å²) in [6, 6.07) is 12.8. The van der Waals surface area contributed by atoms with Crippen LogP contribution in [0.1, 0.15) is 26.7 Å². The zero-order chi connectivity index (χ0) is 16.0. The number of halogens is 2. The second-order valence-corrected chi connectivity index (χ2v) is 5.42. The summed E-state index contributed by atoms with van der Waals surface area (Å²) in [7, 11) is 0. The maximum Gasteiger partial charge on any atom is 0.244 e. The molecule has 0 aliphatic carbocycles. The number of hydrogen-bond donors (Lipinski definition) is 2. The van der Waals surface area contributed by atoms with Gasteiger partial charge in [0.1, 0.15) is 5.75 Å². The molecule has 5 nitrogen and oxygen atoms in total. The summed E-state index contributed by atoms with van der Waals surface area (Å²) in [6.07, 6.45) is 3.03. The summed E-state index contributed by atoms with van der Waals surface area (Å²) in [5.41, 5.74) is 5.71. The highest BCUT2D eigenvalue weighted by atomic mass is 35.5. The second-order valence-electron chi connectivity index (χ2n) is 5.42. The fraction of sp³-hybridized carbons (Fsp3) is 0.294. The molecular weight excluding hydrogens is 349 g/mol. The van der Waals surface area contributed by atoms with Crippen LogP contribution in [0.15, 0.2) is 48.7 Å². The van der Waals surface area contributed by atoms with Gasteiger partial charge in [-0.25, -0.2) is 4.98 Å². The summed E-state index contributed by atoms with van der Waals surface area (Å²) >= 11 is 0. The standard InChI is InChI=1S/C17H21N3O2.2ClH/c1-3-11-17(2,18)16(21)20-13-9-10-15(19-12-13)22-14-7-5-4-6-8-14;;/h4-10,12H,3,11,18H2,1-2H3,(H,20,21);2*1H. The molecule has 1 aromatic heterocycles. The van der Waals surface area contributed by atoms with E-state index < -0.39 is 5.54 Å². The summed E-state index contributed by atoms with van der Waals surface area (Å²) in [6.45, 7) is 3.72. The van der Waals surface area contributed by atoms with E-state index in [4.69, 9.17) is 10.5 Å². The average Bonchev–Trinajstić information content (AvgIpc) is 2.50. The third kappa shape index (κ3) is 6.35. The minimum Gasteiger partial charge on any atom is -0.439 e. The predicted octanol–water partition coefficient (Wildman–Crippen LogP) is 4.17. The molecule has 1 aromatic carbocycles. The molecule has 0 spiro atoms. The van der Waals surface area contributed by atoms with E-state index in [1.54, 1.807) is 25.3 Å². The third-order valence-electron chi connectivity index (χ3n) is 3.25. The van der Waals surface area contributed by atoms with Crippen molar-refractivity contribution in [3.05, 3.63) is 48.7 Å². The van der Waals surface area contributed by atoms with Gasteiger partial charge in [0.15, 0.2) is 0 Å².